The van der Waals surface area contributed by atoms with Gasteiger partial charge in [-0.3, -0.25) is 0 Å². The first-order valence-corrected chi connectivity index (χ1v) is 15.1. The van der Waals surface area contributed by atoms with Crippen LogP contribution in [0.2, 0.25) is 0 Å². The third-order valence-electron chi connectivity index (χ3n) is 8.67. The van der Waals surface area contributed by atoms with Gasteiger partial charge in [-0.1, -0.05) is 119 Å². The molecule has 1 aliphatic heterocycles. The number of fused-ring (bicyclic) bond motifs is 1. The number of rotatable bonds is 8. The minimum Gasteiger partial charge on any atom is -0.344 e. The van der Waals surface area contributed by atoms with Crippen LogP contribution in [0.25, 0.3) is 0 Å². The molecule has 39 heavy (non-hydrogen) atoms. The zero-order chi connectivity index (χ0) is 28.2. The first-order valence-electron chi connectivity index (χ1n) is 14.7. The molecule has 0 amide bonds. The molecule has 0 radical (unpaired) electrons. The first kappa shape index (κ1) is 29.2. The normalized spacial score (nSPS) is 20.0. The highest BCUT2D eigenvalue weighted by Crippen LogP contribution is 2.47. The average molecular weight is 540 g/mol. The van der Waals surface area contributed by atoms with Crippen molar-refractivity contribution < 1.29 is 0 Å². The molecule has 0 bridgehead atoms. The van der Waals surface area contributed by atoms with Crippen LogP contribution < -0.4 is 4.90 Å². The molecular formula is C37H46ClN. The van der Waals surface area contributed by atoms with Crippen LogP contribution in [0.5, 0.6) is 0 Å². The van der Waals surface area contributed by atoms with E-state index < -0.39 is 0 Å². The van der Waals surface area contributed by atoms with Gasteiger partial charge in [0.25, 0.3) is 0 Å². The van der Waals surface area contributed by atoms with Gasteiger partial charge in [0.2, 0.25) is 0 Å². The number of benzene rings is 2. The summed E-state index contributed by atoms with van der Waals surface area (Å²) in [5.74, 6) is 0. The summed E-state index contributed by atoms with van der Waals surface area (Å²) in [6.07, 6.45) is 17.0. The second-order valence-corrected chi connectivity index (χ2v) is 12.4. The Balaban J connectivity index is 1.67. The standard InChI is InChI=1S/C37H46ClN/c1-8-10-19-30(36(4,5)31-20-12-11-16-27(31)3)25-23-28-17-15-18-29(35(28)38)24-26-34-37(6,7)32-21-13-14-22-33(32)39(34)9-2/h11-14,16,19-26H,8-10,15,17-18H2,1-7H3/b25-23+,29-24+,30-19+,34-26+. The number of halogens is 1. The van der Waals surface area contributed by atoms with Crippen molar-refractivity contribution in [3.05, 3.63) is 123 Å². The molecule has 0 N–H and O–H groups in total. The van der Waals surface area contributed by atoms with Crippen molar-refractivity contribution in [3.63, 3.8) is 0 Å². The van der Waals surface area contributed by atoms with Gasteiger partial charge in [-0.2, -0.15) is 0 Å². The summed E-state index contributed by atoms with van der Waals surface area (Å²) in [6.45, 7) is 17.0. The summed E-state index contributed by atoms with van der Waals surface area (Å²) in [5, 5.41) is 0.925. The Morgan fingerprint density at radius 3 is 2.44 bits per heavy atom. The maximum Gasteiger partial charge on any atom is 0.0469 e. The molecule has 4 rings (SSSR count). The monoisotopic (exact) mass is 539 g/mol. The van der Waals surface area contributed by atoms with Gasteiger partial charge >= 0.3 is 0 Å². The van der Waals surface area contributed by atoms with Gasteiger partial charge in [-0.25, -0.2) is 0 Å². The highest BCUT2D eigenvalue weighted by molar-refractivity contribution is 6.32. The van der Waals surface area contributed by atoms with E-state index in [1.165, 1.54) is 44.8 Å². The van der Waals surface area contributed by atoms with E-state index in [0.29, 0.717) is 0 Å². The van der Waals surface area contributed by atoms with Gasteiger partial charge in [-0.05, 0) is 85.1 Å². The van der Waals surface area contributed by atoms with Crippen LogP contribution >= 0.6 is 11.6 Å². The number of aryl methyl sites for hydroxylation is 1. The summed E-state index contributed by atoms with van der Waals surface area (Å²) in [6, 6.07) is 17.6. The molecule has 2 heteroatoms. The minimum atomic E-state index is -0.0749. The highest BCUT2D eigenvalue weighted by Gasteiger charge is 2.38. The Bertz CT molecular complexity index is 1340. The number of unbranched alkanes of at least 4 members (excludes halogenated alkanes) is 1. The second-order valence-electron chi connectivity index (χ2n) is 12.0. The lowest BCUT2D eigenvalue weighted by atomic mass is 9.75. The smallest absolute Gasteiger partial charge is 0.0469 e. The Kier molecular flexibility index (Phi) is 9.12. The molecule has 0 saturated heterocycles. The molecule has 1 heterocycles. The lowest BCUT2D eigenvalue weighted by molar-refractivity contribution is 0.629. The number of allylic oxidation sites excluding steroid dienone is 10. The average Bonchev–Trinajstić information content (AvgIpc) is 3.14. The molecule has 1 aliphatic carbocycles. The maximum atomic E-state index is 7.11. The molecule has 2 aromatic carbocycles. The predicted octanol–water partition coefficient (Wildman–Crippen LogP) is 10.9. The van der Waals surface area contributed by atoms with Gasteiger partial charge in [0, 0.05) is 33.8 Å². The summed E-state index contributed by atoms with van der Waals surface area (Å²) in [4.78, 5) is 2.45. The van der Waals surface area contributed by atoms with E-state index in [0.717, 1.165) is 43.7 Å². The fourth-order valence-corrected chi connectivity index (χ4v) is 6.64. The fourth-order valence-electron chi connectivity index (χ4n) is 6.32. The van der Waals surface area contributed by atoms with Crippen LogP contribution in [0, 0.1) is 6.92 Å². The summed E-state index contributed by atoms with van der Waals surface area (Å²) in [5.41, 5.74) is 10.5. The van der Waals surface area contributed by atoms with Crippen LogP contribution in [0.4, 0.5) is 5.69 Å². The van der Waals surface area contributed by atoms with Crippen molar-refractivity contribution in [2.75, 3.05) is 11.4 Å². The Hall–Kier alpha value is -2.77. The molecule has 0 spiro atoms. The first-order chi connectivity index (χ1) is 18.6. The van der Waals surface area contributed by atoms with E-state index in [2.05, 4.69) is 132 Å². The van der Waals surface area contributed by atoms with Crippen molar-refractivity contribution in [3.8, 4) is 0 Å². The van der Waals surface area contributed by atoms with Crippen molar-refractivity contribution in [1.29, 1.82) is 0 Å². The lowest BCUT2D eigenvalue weighted by Gasteiger charge is -2.29. The number of hydrogen-bond donors (Lipinski definition) is 0. The van der Waals surface area contributed by atoms with E-state index in [1.807, 2.05) is 0 Å². The Morgan fingerprint density at radius 2 is 1.72 bits per heavy atom. The topological polar surface area (TPSA) is 3.24 Å². The van der Waals surface area contributed by atoms with Crippen molar-refractivity contribution >= 4 is 17.3 Å². The third kappa shape index (κ3) is 5.90. The number of likely N-dealkylation sites (N-methyl/N-ethyl adjacent to an activating group) is 1. The number of para-hydroxylation sites is 1. The SMILES string of the molecule is CCC/C=C(\C=C\C1=C(Cl)C(=C/C=C2/N(CC)c3ccccc3C2(C)C)/CCC1)C(C)(C)c1ccccc1C. The van der Waals surface area contributed by atoms with Crippen LogP contribution in [0.3, 0.4) is 0 Å². The maximum absolute atomic E-state index is 7.11. The number of hydrogen-bond acceptors (Lipinski definition) is 1. The molecule has 2 aromatic rings. The fraction of sp³-hybridized carbons (Fsp3) is 0.405. The molecule has 206 valence electrons. The van der Waals surface area contributed by atoms with Crippen molar-refractivity contribution in [2.45, 2.75) is 91.4 Å². The molecule has 0 atom stereocenters. The predicted molar refractivity (Wildman–Crippen MR) is 172 cm³/mol. The second kappa shape index (κ2) is 12.2. The Morgan fingerprint density at radius 1 is 1.00 bits per heavy atom. The van der Waals surface area contributed by atoms with Crippen molar-refractivity contribution in [1.82, 2.24) is 0 Å². The number of anilines is 1. The van der Waals surface area contributed by atoms with Gasteiger partial charge < -0.3 is 4.90 Å². The van der Waals surface area contributed by atoms with Crippen LogP contribution in [0.15, 0.2) is 106 Å². The Labute approximate surface area is 242 Å². The zero-order valence-corrected chi connectivity index (χ0v) is 25.8. The van der Waals surface area contributed by atoms with E-state index in [4.69, 9.17) is 11.6 Å². The minimum absolute atomic E-state index is 0.0304. The van der Waals surface area contributed by atoms with Gasteiger partial charge in [0.05, 0.1) is 0 Å². The summed E-state index contributed by atoms with van der Waals surface area (Å²) in [7, 11) is 0. The van der Waals surface area contributed by atoms with E-state index in [1.54, 1.807) is 0 Å². The van der Waals surface area contributed by atoms with E-state index in [9.17, 15) is 0 Å². The zero-order valence-electron chi connectivity index (χ0n) is 25.1. The van der Waals surface area contributed by atoms with Crippen molar-refractivity contribution in [2.24, 2.45) is 0 Å². The van der Waals surface area contributed by atoms with Gasteiger partial charge in [0.15, 0.2) is 0 Å². The molecule has 1 nitrogen and oxygen atoms in total. The van der Waals surface area contributed by atoms with E-state index >= 15 is 0 Å². The summed E-state index contributed by atoms with van der Waals surface area (Å²) < 4.78 is 0. The third-order valence-corrected chi connectivity index (χ3v) is 9.16. The van der Waals surface area contributed by atoms with Gasteiger partial charge in [-0.15, -0.1) is 0 Å². The quantitative estimate of drug-likeness (QED) is 0.301. The van der Waals surface area contributed by atoms with Crippen LogP contribution in [-0.4, -0.2) is 6.54 Å². The molecule has 2 aliphatic rings. The largest absolute Gasteiger partial charge is 0.344 e. The summed E-state index contributed by atoms with van der Waals surface area (Å²) >= 11 is 7.11. The molecular weight excluding hydrogens is 494 g/mol. The molecule has 0 fully saturated rings. The number of nitrogens with zero attached hydrogens (tertiary/aromatic N) is 1. The highest BCUT2D eigenvalue weighted by atomic mass is 35.5. The lowest BCUT2D eigenvalue weighted by Crippen LogP contribution is -2.25. The molecule has 0 unspecified atom stereocenters. The molecule has 0 aromatic heterocycles. The van der Waals surface area contributed by atoms with Gasteiger partial charge in [0.1, 0.15) is 0 Å². The van der Waals surface area contributed by atoms with E-state index in [-0.39, 0.29) is 10.8 Å². The van der Waals surface area contributed by atoms with Crippen LogP contribution in [0.1, 0.15) is 90.3 Å². The molecule has 0 saturated carbocycles. The van der Waals surface area contributed by atoms with Crippen LogP contribution in [-0.2, 0) is 10.8 Å².